The van der Waals surface area contributed by atoms with E-state index in [-0.39, 0.29) is 17.9 Å². The number of benzene rings is 2. The van der Waals surface area contributed by atoms with Crippen LogP contribution in [0, 0.1) is 6.92 Å². The van der Waals surface area contributed by atoms with Crippen LogP contribution in [-0.4, -0.2) is 61.7 Å². The van der Waals surface area contributed by atoms with Crippen molar-refractivity contribution in [3.63, 3.8) is 0 Å². The van der Waals surface area contributed by atoms with Crippen molar-refractivity contribution in [1.82, 2.24) is 15.2 Å². The SMILES string of the molecule is COC(=O)[C@@H]1C[C@H](NC(=O)c2[nH]c3ccc(Cl)cc3c2C)CN1Cc1cc(OC)ccc1OC. The van der Waals surface area contributed by atoms with E-state index in [1.807, 2.05) is 42.2 Å². The van der Waals surface area contributed by atoms with Crippen LogP contribution in [0.2, 0.25) is 5.02 Å². The fourth-order valence-corrected chi connectivity index (χ4v) is 4.74. The molecular weight excluding hydrogens is 458 g/mol. The lowest BCUT2D eigenvalue weighted by Gasteiger charge is -2.23. The first kappa shape index (κ1) is 23.9. The Bertz CT molecular complexity index is 1220. The number of methoxy groups -OCH3 is 3. The Kier molecular flexibility index (Phi) is 7.00. The quantitative estimate of drug-likeness (QED) is 0.496. The lowest BCUT2D eigenvalue weighted by molar-refractivity contribution is -0.146. The molecule has 4 rings (SSSR count). The maximum atomic E-state index is 13.1. The third kappa shape index (κ3) is 4.69. The molecule has 1 aliphatic rings. The highest BCUT2D eigenvalue weighted by Crippen LogP contribution is 2.30. The molecule has 1 amide bonds. The van der Waals surface area contributed by atoms with E-state index in [1.54, 1.807) is 20.3 Å². The van der Waals surface area contributed by atoms with Crippen LogP contribution in [0.25, 0.3) is 10.9 Å². The Labute approximate surface area is 203 Å². The van der Waals surface area contributed by atoms with Gasteiger partial charge in [0.15, 0.2) is 0 Å². The van der Waals surface area contributed by atoms with Crippen LogP contribution < -0.4 is 14.8 Å². The van der Waals surface area contributed by atoms with Gasteiger partial charge in [-0.2, -0.15) is 0 Å². The molecule has 8 nitrogen and oxygen atoms in total. The van der Waals surface area contributed by atoms with Crippen LogP contribution in [0.3, 0.4) is 0 Å². The summed E-state index contributed by atoms with van der Waals surface area (Å²) in [5, 5.41) is 4.60. The van der Waals surface area contributed by atoms with Gasteiger partial charge in [-0.3, -0.25) is 14.5 Å². The van der Waals surface area contributed by atoms with Gasteiger partial charge in [0.2, 0.25) is 0 Å². The van der Waals surface area contributed by atoms with Crippen molar-refractivity contribution < 1.29 is 23.8 Å². The third-order valence-corrected chi connectivity index (χ3v) is 6.56. The predicted octanol–water partition coefficient (Wildman–Crippen LogP) is 3.69. The number of aromatic amines is 1. The average Bonchev–Trinajstić information content (AvgIpc) is 3.38. The maximum Gasteiger partial charge on any atom is 0.323 e. The number of aryl methyl sites for hydroxylation is 1. The summed E-state index contributed by atoms with van der Waals surface area (Å²) >= 11 is 6.12. The number of carbonyl (C=O) groups is 2. The topological polar surface area (TPSA) is 92.9 Å². The van der Waals surface area contributed by atoms with Crippen LogP contribution in [-0.2, 0) is 16.1 Å². The minimum atomic E-state index is -0.492. The predicted molar refractivity (Wildman–Crippen MR) is 130 cm³/mol. The minimum absolute atomic E-state index is 0.223. The van der Waals surface area contributed by atoms with E-state index in [9.17, 15) is 9.59 Å². The van der Waals surface area contributed by atoms with Gasteiger partial charge >= 0.3 is 5.97 Å². The molecule has 1 saturated heterocycles. The standard InChI is InChI=1S/C25H28ClN3O5/c1-14-19-10-16(26)5-7-20(19)28-23(14)24(30)27-17-11-21(25(31)34-4)29(13-17)12-15-9-18(32-2)6-8-22(15)33-3/h5-10,17,21,28H,11-13H2,1-4H3,(H,27,30)/t17-,21-/m0/s1. The molecule has 2 N–H and O–H groups in total. The van der Waals surface area contributed by atoms with Gasteiger partial charge in [0.25, 0.3) is 5.91 Å². The fraction of sp³-hybridized carbons (Fsp3) is 0.360. The van der Waals surface area contributed by atoms with Gasteiger partial charge in [-0.05, 0) is 55.3 Å². The van der Waals surface area contributed by atoms with Crippen LogP contribution in [0.4, 0.5) is 0 Å². The number of amides is 1. The molecule has 0 unspecified atom stereocenters. The Morgan fingerprint density at radius 3 is 2.65 bits per heavy atom. The molecule has 0 bridgehead atoms. The van der Waals surface area contributed by atoms with Crippen molar-refractivity contribution in [2.45, 2.75) is 32.0 Å². The van der Waals surface area contributed by atoms with Crippen molar-refractivity contribution >= 4 is 34.4 Å². The van der Waals surface area contributed by atoms with E-state index in [0.717, 1.165) is 22.0 Å². The molecule has 0 spiro atoms. The lowest BCUT2D eigenvalue weighted by atomic mass is 10.1. The number of nitrogens with zero attached hydrogens (tertiary/aromatic N) is 1. The lowest BCUT2D eigenvalue weighted by Crippen LogP contribution is -2.38. The summed E-state index contributed by atoms with van der Waals surface area (Å²) in [6, 6.07) is 10.3. The molecule has 34 heavy (non-hydrogen) atoms. The number of hydrogen-bond acceptors (Lipinski definition) is 6. The van der Waals surface area contributed by atoms with Gasteiger partial charge in [-0.25, -0.2) is 0 Å². The zero-order valence-corrected chi connectivity index (χ0v) is 20.4. The summed E-state index contributed by atoms with van der Waals surface area (Å²) in [6.45, 7) is 2.81. The number of aromatic nitrogens is 1. The second-order valence-electron chi connectivity index (χ2n) is 8.37. The fourth-order valence-electron chi connectivity index (χ4n) is 4.57. The average molecular weight is 486 g/mol. The van der Waals surface area contributed by atoms with E-state index in [1.165, 1.54) is 7.11 Å². The molecule has 1 fully saturated rings. The maximum absolute atomic E-state index is 13.1. The molecule has 2 atom stereocenters. The zero-order chi connectivity index (χ0) is 24.4. The van der Waals surface area contributed by atoms with E-state index in [2.05, 4.69) is 10.3 Å². The molecular formula is C25H28ClN3O5. The van der Waals surface area contributed by atoms with Crippen LogP contribution >= 0.6 is 11.6 Å². The molecule has 2 aromatic carbocycles. The van der Waals surface area contributed by atoms with Gasteiger partial charge in [-0.1, -0.05) is 11.6 Å². The number of ether oxygens (including phenoxy) is 3. The second-order valence-corrected chi connectivity index (χ2v) is 8.80. The van der Waals surface area contributed by atoms with Gasteiger partial charge < -0.3 is 24.5 Å². The Balaban J connectivity index is 1.54. The summed E-state index contributed by atoms with van der Waals surface area (Å²) in [5.74, 6) is 0.836. The molecule has 1 aliphatic heterocycles. The smallest absolute Gasteiger partial charge is 0.323 e. The molecule has 3 aromatic rings. The number of likely N-dealkylation sites (tertiary alicyclic amines) is 1. The summed E-state index contributed by atoms with van der Waals surface area (Å²) in [6.07, 6.45) is 0.440. The van der Waals surface area contributed by atoms with Crippen LogP contribution in [0.15, 0.2) is 36.4 Å². The van der Waals surface area contributed by atoms with Gasteiger partial charge in [0.05, 0.1) is 21.3 Å². The first-order chi connectivity index (χ1) is 16.3. The molecule has 0 saturated carbocycles. The molecule has 180 valence electrons. The van der Waals surface area contributed by atoms with E-state index < -0.39 is 6.04 Å². The number of halogens is 1. The largest absolute Gasteiger partial charge is 0.497 e. The highest BCUT2D eigenvalue weighted by molar-refractivity contribution is 6.31. The highest BCUT2D eigenvalue weighted by Gasteiger charge is 2.39. The van der Waals surface area contributed by atoms with Crippen molar-refractivity contribution in [2.24, 2.45) is 0 Å². The molecule has 2 heterocycles. The van der Waals surface area contributed by atoms with E-state index in [4.69, 9.17) is 25.8 Å². The number of hydrogen-bond donors (Lipinski definition) is 2. The normalized spacial score (nSPS) is 18.1. The van der Waals surface area contributed by atoms with Crippen molar-refractivity contribution in [2.75, 3.05) is 27.9 Å². The van der Waals surface area contributed by atoms with E-state index >= 15 is 0 Å². The van der Waals surface area contributed by atoms with Crippen molar-refractivity contribution in [1.29, 1.82) is 0 Å². The number of H-pyrrole nitrogens is 1. The molecule has 0 radical (unpaired) electrons. The molecule has 1 aromatic heterocycles. The first-order valence-electron chi connectivity index (χ1n) is 11.0. The number of carbonyl (C=O) groups excluding carboxylic acids is 2. The summed E-state index contributed by atoms with van der Waals surface area (Å²) in [4.78, 5) is 30.8. The Hall–Kier alpha value is -3.23. The minimum Gasteiger partial charge on any atom is -0.497 e. The summed E-state index contributed by atoms with van der Waals surface area (Å²) in [5.41, 5.74) is 3.04. The Morgan fingerprint density at radius 1 is 1.15 bits per heavy atom. The molecule has 0 aliphatic carbocycles. The number of rotatable bonds is 7. The van der Waals surface area contributed by atoms with Crippen molar-refractivity contribution in [3.8, 4) is 11.5 Å². The second kappa shape index (κ2) is 9.95. The van der Waals surface area contributed by atoms with Crippen LogP contribution in [0.1, 0.15) is 28.0 Å². The first-order valence-corrected chi connectivity index (χ1v) is 11.3. The van der Waals surface area contributed by atoms with Crippen LogP contribution in [0.5, 0.6) is 11.5 Å². The molecule has 9 heteroatoms. The summed E-state index contributed by atoms with van der Waals surface area (Å²) in [7, 11) is 4.58. The summed E-state index contributed by atoms with van der Waals surface area (Å²) < 4.78 is 15.9. The third-order valence-electron chi connectivity index (χ3n) is 6.32. The Morgan fingerprint density at radius 2 is 1.94 bits per heavy atom. The van der Waals surface area contributed by atoms with Gasteiger partial charge in [0, 0.05) is 40.6 Å². The van der Waals surface area contributed by atoms with Gasteiger partial charge in [-0.15, -0.1) is 0 Å². The monoisotopic (exact) mass is 485 g/mol. The number of fused-ring (bicyclic) bond motifs is 1. The zero-order valence-electron chi connectivity index (χ0n) is 19.6. The number of nitrogens with one attached hydrogen (secondary N) is 2. The van der Waals surface area contributed by atoms with Crippen molar-refractivity contribution in [3.05, 3.63) is 58.2 Å². The van der Waals surface area contributed by atoms with E-state index in [0.29, 0.717) is 41.7 Å². The van der Waals surface area contributed by atoms with Gasteiger partial charge in [0.1, 0.15) is 23.2 Å². The number of esters is 1. The highest BCUT2D eigenvalue weighted by atomic mass is 35.5.